The van der Waals surface area contributed by atoms with E-state index in [-0.39, 0.29) is 5.78 Å². The van der Waals surface area contributed by atoms with Crippen LogP contribution in [0.25, 0.3) is 0 Å². The molecule has 0 fully saturated rings. The van der Waals surface area contributed by atoms with E-state index in [1.807, 2.05) is 24.3 Å². The summed E-state index contributed by atoms with van der Waals surface area (Å²) < 4.78 is 4.77. The molecule has 5 heteroatoms. The van der Waals surface area contributed by atoms with Gasteiger partial charge < -0.3 is 0 Å². The molecule has 1 aromatic heterocycles. The largest absolute Gasteiger partial charge is 0.294 e. The maximum atomic E-state index is 11.3. The number of rotatable bonds is 3. The summed E-state index contributed by atoms with van der Waals surface area (Å²) in [5, 5.41) is 0. The second kappa shape index (κ2) is 4.55. The molecule has 0 atom stereocenters. The van der Waals surface area contributed by atoms with Crippen LogP contribution in [0.2, 0.25) is 0 Å². The Bertz CT molecular complexity index is 468. The van der Waals surface area contributed by atoms with Crippen molar-refractivity contribution >= 4 is 29.1 Å². The third-order valence-corrected chi connectivity index (χ3v) is 3.60. The van der Waals surface area contributed by atoms with E-state index in [1.165, 1.54) is 29.6 Å². The monoisotopic (exact) mass is 236 g/mol. The third-order valence-electron chi connectivity index (χ3n) is 1.80. The predicted octanol–water partition coefficient (Wildman–Crippen LogP) is 2.89. The van der Waals surface area contributed by atoms with Gasteiger partial charge in [0.2, 0.25) is 0 Å². The van der Waals surface area contributed by atoms with Crippen LogP contribution in [0.3, 0.4) is 0 Å². The van der Waals surface area contributed by atoms with Crippen molar-refractivity contribution in [3.63, 3.8) is 0 Å². The fraction of sp³-hybridized carbons (Fsp3) is 0.100. The molecule has 0 spiro atoms. The lowest BCUT2D eigenvalue weighted by atomic mass is 10.1. The fourth-order valence-corrected chi connectivity index (χ4v) is 2.73. The van der Waals surface area contributed by atoms with Crippen molar-refractivity contribution in [1.82, 2.24) is 9.36 Å². The molecule has 0 radical (unpaired) electrons. The molecule has 76 valence electrons. The Morgan fingerprint density at radius 1 is 1.40 bits per heavy atom. The Morgan fingerprint density at radius 2 is 2.20 bits per heavy atom. The molecule has 0 aliphatic heterocycles. The minimum absolute atomic E-state index is 0.0719. The second-order valence-corrected chi connectivity index (χ2v) is 4.93. The van der Waals surface area contributed by atoms with Crippen LogP contribution in [0.1, 0.15) is 17.3 Å². The molecule has 0 amide bonds. The quantitative estimate of drug-likeness (QED) is 0.768. The maximum absolute atomic E-state index is 11.3. The molecule has 0 aliphatic carbocycles. The van der Waals surface area contributed by atoms with Gasteiger partial charge in [-0.15, -0.1) is 0 Å². The van der Waals surface area contributed by atoms with Crippen LogP contribution in [0.15, 0.2) is 39.8 Å². The number of hydrogen-bond donors (Lipinski definition) is 0. The highest BCUT2D eigenvalue weighted by molar-refractivity contribution is 8.01. The number of benzene rings is 1. The van der Waals surface area contributed by atoms with Gasteiger partial charge in [0, 0.05) is 10.5 Å². The van der Waals surface area contributed by atoms with Crippen LogP contribution in [-0.4, -0.2) is 15.1 Å². The molecule has 0 saturated heterocycles. The Balaban J connectivity index is 2.32. The van der Waals surface area contributed by atoms with E-state index in [0.29, 0.717) is 0 Å². The van der Waals surface area contributed by atoms with Crippen molar-refractivity contribution in [1.29, 1.82) is 0 Å². The number of ketones is 1. The van der Waals surface area contributed by atoms with Crippen LogP contribution in [0.5, 0.6) is 0 Å². The number of hydrogen-bond acceptors (Lipinski definition) is 5. The topological polar surface area (TPSA) is 42.9 Å². The number of nitrogens with zero attached hydrogens (tertiary/aromatic N) is 2. The summed E-state index contributed by atoms with van der Waals surface area (Å²) in [6.45, 7) is 1.57. The van der Waals surface area contributed by atoms with Gasteiger partial charge in [0.25, 0.3) is 0 Å². The van der Waals surface area contributed by atoms with E-state index >= 15 is 0 Å². The molecule has 0 aliphatic rings. The molecule has 15 heavy (non-hydrogen) atoms. The van der Waals surface area contributed by atoms with Gasteiger partial charge in [-0.2, -0.15) is 4.37 Å². The van der Waals surface area contributed by atoms with E-state index in [9.17, 15) is 4.79 Å². The lowest BCUT2D eigenvalue weighted by Gasteiger charge is -2.02. The molecule has 2 rings (SSSR count). The van der Waals surface area contributed by atoms with Gasteiger partial charge in [-0.1, -0.05) is 30.0 Å². The van der Waals surface area contributed by atoms with E-state index in [4.69, 9.17) is 0 Å². The first kappa shape index (κ1) is 10.3. The van der Waals surface area contributed by atoms with Gasteiger partial charge in [-0.05, 0) is 24.5 Å². The van der Waals surface area contributed by atoms with Crippen molar-refractivity contribution in [3.8, 4) is 0 Å². The summed E-state index contributed by atoms with van der Waals surface area (Å²) in [7, 11) is 0. The van der Waals surface area contributed by atoms with Crippen LogP contribution in [0.4, 0.5) is 0 Å². The minimum atomic E-state index is 0.0719. The van der Waals surface area contributed by atoms with Gasteiger partial charge in [-0.25, -0.2) is 4.98 Å². The van der Waals surface area contributed by atoms with E-state index in [1.54, 1.807) is 6.92 Å². The molecule has 0 saturated carbocycles. The van der Waals surface area contributed by atoms with E-state index < -0.39 is 0 Å². The van der Waals surface area contributed by atoms with Gasteiger partial charge in [-0.3, -0.25) is 4.79 Å². The zero-order valence-corrected chi connectivity index (χ0v) is 9.64. The molecular formula is C10H8N2OS2. The third kappa shape index (κ3) is 2.43. The number of carbonyl (C=O) groups is 1. The first-order valence-corrected chi connectivity index (χ1v) is 5.91. The van der Waals surface area contributed by atoms with Crippen LogP contribution in [0, 0.1) is 0 Å². The van der Waals surface area contributed by atoms with E-state index in [0.717, 1.165) is 14.8 Å². The first-order valence-electron chi connectivity index (χ1n) is 4.32. The number of Topliss-reactive ketones (excluding diaryl/α,β-unsaturated/α-hetero) is 1. The summed E-state index contributed by atoms with van der Waals surface area (Å²) in [5.74, 6) is 0.0719. The zero-order valence-electron chi connectivity index (χ0n) is 8.01. The van der Waals surface area contributed by atoms with Crippen LogP contribution in [-0.2, 0) is 0 Å². The van der Waals surface area contributed by atoms with Crippen molar-refractivity contribution in [2.24, 2.45) is 0 Å². The molecule has 0 bridgehead atoms. The highest BCUT2D eigenvalue weighted by atomic mass is 32.2. The Hall–Kier alpha value is -1.20. The predicted molar refractivity (Wildman–Crippen MR) is 60.5 cm³/mol. The van der Waals surface area contributed by atoms with Crippen molar-refractivity contribution in [2.45, 2.75) is 16.2 Å². The summed E-state index contributed by atoms with van der Waals surface area (Å²) in [6, 6.07) is 7.52. The van der Waals surface area contributed by atoms with Gasteiger partial charge in [0.1, 0.15) is 6.33 Å². The number of carbonyl (C=O) groups excluding carboxylic acids is 1. The Kier molecular flexibility index (Phi) is 3.13. The zero-order chi connectivity index (χ0) is 10.7. The molecule has 1 aromatic carbocycles. The summed E-state index contributed by atoms with van der Waals surface area (Å²) in [4.78, 5) is 16.4. The molecule has 3 nitrogen and oxygen atoms in total. The molecule has 0 unspecified atom stereocenters. The smallest absolute Gasteiger partial charge is 0.174 e. The SMILES string of the molecule is CC(=O)c1ccccc1Sc1ncns1. The van der Waals surface area contributed by atoms with Crippen molar-refractivity contribution in [2.75, 3.05) is 0 Å². The van der Waals surface area contributed by atoms with E-state index in [2.05, 4.69) is 9.36 Å². The van der Waals surface area contributed by atoms with Crippen molar-refractivity contribution < 1.29 is 4.79 Å². The molecule has 1 heterocycles. The first-order chi connectivity index (χ1) is 7.27. The van der Waals surface area contributed by atoms with Gasteiger partial charge in [0.05, 0.1) is 0 Å². The normalized spacial score (nSPS) is 10.2. The molecule has 0 N–H and O–H groups in total. The average molecular weight is 236 g/mol. The molecular weight excluding hydrogens is 228 g/mol. The molecule has 2 aromatic rings. The summed E-state index contributed by atoms with van der Waals surface area (Å²) >= 11 is 2.80. The van der Waals surface area contributed by atoms with Gasteiger partial charge >= 0.3 is 0 Å². The summed E-state index contributed by atoms with van der Waals surface area (Å²) in [6.07, 6.45) is 1.52. The lowest BCUT2D eigenvalue weighted by molar-refractivity contribution is 0.101. The highest BCUT2D eigenvalue weighted by Gasteiger charge is 2.08. The Morgan fingerprint density at radius 3 is 2.87 bits per heavy atom. The minimum Gasteiger partial charge on any atom is -0.294 e. The number of aromatic nitrogens is 2. The van der Waals surface area contributed by atoms with Gasteiger partial charge in [0.15, 0.2) is 10.1 Å². The fourth-order valence-electron chi connectivity index (χ4n) is 1.15. The maximum Gasteiger partial charge on any atom is 0.174 e. The average Bonchev–Trinajstić information content (AvgIpc) is 2.71. The standard InChI is InChI=1S/C10H8N2OS2/c1-7(13)8-4-2-3-5-9(8)14-10-11-6-12-15-10/h2-6H,1H3. The highest BCUT2D eigenvalue weighted by Crippen LogP contribution is 2.30. The second-order valence-electron chi connectivity index (χ2n) is 2.86. The summed E-state index contributed by atoms with van der Waals surface area (Å²) in [5.41, 5.74) is 0.734. The lowest BCUT2D eigenvalue weighted by Crippen LogP contribution is -1.93. The van der Waals surface area contributed by atoms with Crippen LogP contribution >= 0.6 is 23.3 Å². The Labute approximate surface area is 95.7 Å². The van der Waals surface area contributed by atoms with Crippen LogP contribution < -0.4 is 0 Å². The van der Waals surface area contributed by atoms with Crippen molar-refractivity contribution in [3.05, 3.63) is 36.2 Å².